The number of nitrogens with zero attached hydrogens (tertiary/aromatic N) is 2. The van der Waals surface area contributed by atoms with E-state index in [1.54, 1.807) is 29.2 Å². The third kappa shape index (κ3) is 2.51. The molecule has 0 radical (unpaired) electrons. The Kier molecular flexibility index (Phi) is 3.72. The molecule has 0 bridgehead atoms. The number of fused-ring (bicyclic) bond motifs is 1. The van der Waals surface area contributed by atoms with Gasteiger partial charge in [-0.15, -0.1) is 0 Å². The number of imide groups is 1. The van der Waals surface area contributed by atoms with Crippen molar-refractivity contribution in [2.45, 2.75) is 20.3 Å². The van der Waals surface area contributed by atoms with Crippen LogP contribution in [0.1, 0.15) is 41.0 Å². The first-order valence-electron chi connectivity index (χ1n) is 7.70. The minimum absolute atomic E-state index is 0.145. The van der Waals surface area contributed by atoms with Crippen molar-refractivity contribution in [3.63, 3.8) is 0 Å². The molecule has 3 amide bonds. The zero-order valence-electron chi connectivity index (χ0n) is 12.9. The lowest BCUT2D eigenvalue weighted by atomic mass is 9.92. The van der Waals surface area contributed by atoms with Crippen LogP contribution in [0.5, 0.6) is 0 Å². The minimum Gasteiger partial charge on any atom is -0.341 e. The van der Waals surface area contributed by atoms with Crippen LogP contribution in [0.2, 0.25) is 0 Å². The van der Waals surface area contributed by atoms with Crippen LogP contribution in [-0.4, -0.2) is 47.2 Å². The van der Waals surface area contributed by atoms with Crippen molar-refractivity contribution >= 4 is 17.7 Å². The predicted octanol–water partition coefficient (Wildman–Crippen LogP) is 1.79. The Morgan fingerprint density at radius 2 is 1.55 bits per heavy atom. The molecule has 1 aromatic rings. The maximum atomic E-state index is 12.5. The Balaban J connectivity index is 1.73. The van der Waals surface area contributed by atoms with Crippen molar-refractivity contribution in [1.82, 2.24) is 9.80 Å². The number of carbonyl (C=O) groups excluding carboxylic acids is 3. The van der Waals surface area contributed by atoms with Gasteiger partial charge in [-0.1, -0.05) is 26.0 Å². The van der Waals surface area contributed by atoms with Gasteiger partial charge in [-0.2, -0.15) is 0 Å². The van der Waals surface area contributed by atoms with E-state index in [1.165, 1.54) is 0 Å². The van der Waals surface area contributed by atoms with Crippen molar-refractivity contribution in [3.05, 3.63) is 35.4 Å². The number of rotatable bonds is 2. The average molecular weight is 300 g/mol. The second kappa shape index (κ2) is 5.55. The lowest BCUT2D eigenvalue weighted by Gasteiger charge is -2.35. The largest absolute Gasteiger partial charge is 0.341 e. The summed E-state index contributed by atoms with van der Waals surface area (Å²) < 4.78 is 0. The van der Waals surface area contributed by atoms with E-state index in [9.17, 15) is 14.4 Å². The van der Waals surface area contributed by atoms with Crippen molar-refractivity contribution < 1.29 is 14.4 Å². The van der Waals surface area contributed by atoms with Crippen molar-refractivity contribution in [1.29, 1.82) is 0 Å². The summed E-state index contributed by atoms with van der Waals surface area (Å²) in [6.45, 7) is 5.49. The highest BCUT2D eigenvalue weighted by atomic mass is 16.2. The van der Waals surface area contributed by atoms with E-state index >= 15 is 0 Å². The summed E-state index contributed by atoms with van der Waals surface area (Å²) in [4.78, 5) is 39.9. The third-order valence-electron chi connectivity index (χ3n) is 4.39. The maximum absolute atomic E-state index is 12.5. The van der Waals surface area contributed by atoms with Gasteiger partial charge < -0.3 is 4.90 Å². The molecule has 5 nitrogen and oxygen atoms in total. The van der Waals surface area contributed by atoms with Crippen LogP contribution in [0.25, 0.3) is 0 Å². The van der Waals surface area contributed by atoms with Gasteiger partial charge in [-0.25, -0.2) is 0 Å². The van der Waals surface area contributed by atoms with Crippen LogP contribution in [0, 0.1) is 11.8 Å². The van der Waals surface area contributed by atoms with Crippen molar-refractivity contribution in [2.75, 3.05) is 19.6 Å². The van der Waals surface area contributed by atoms with Crippen molar-refractivity contribution in [3.8, 4) is 0 Å². The monoisotopic (exact) mass is 300 g/mol. The summed E-state index contributed by atoms with van der Waals surface area (Å²) in [5, 5.41) is 0. The van der Waals surface area contributed by atoms with Crippen molar-refractivity contribution in [2.24, 2.45) is 11.8 Å². The molecule has 2 atom stereocenters. The second-order valence-electron chi connectivity index (χ2n) is 6.49. The zero-order chi connectivity index (χ0) is 15.9. The molecule has 2 heterocycles. The van der Waals surface area contributed by atoms with Gasteiger partial charge in [-0.05, 0) is 30.4 Å². The normalized spacial score (nSPS) is 24.6. The Morgan fingerprint density at radius 1 is 1.05 bits per heavy atom. The molecule has 1 saturated heterocycles. The topological polar surface area (TPSA) is 57.7 Å². The number of piperidine rings is 1. The zero-order valence-corrected chi connectivity index (χ0v) is 12.9. The van der Waals surface area contributed by atoms with E-state index in [1.807, 2.05) is 0 Å². The van der Waals surface area contributed by atoms with Crippen LogP contribution in [0.3, 0.4) is 0 Å². The molecule has 5 heteroatoms. The summed E-state index contributed by atoms with van der Waals surface area (Å²) >= 11 is 0. The SMILES string of the molecule is C[C@@H]1C[C@H](C)CN(C(=O)CN2C(=O)c3ccccc3C2=O)C1. The fourth-order valence-corrected chi connectivity index (χ4v) is 3.48. The Hall–Kier alpha value is -2.17. The van der Waals surface area contributed by atoms with Gasteiger partial charge in [-0.3, -0.25) is 19.3 Å². The molecule has 0 aromatic heterocycles. The number of carbonyl (C=O) groups is 3. The number of hydrogen-bond donors (Lipinski definition) is 0. The molecule has 0 saturated carbocycles. The summed E-state index contributed by atoms with van der Waals surface area (Å²) in [7, 11) is 0. The van der Waals surface area contributed by atoms with Gasteiger partial charge in [0.05, 0.1) is 11.1 Å². The van der Waals surface area contributed by atoms with Crippen LogP contribution in [0.4, 0.5) is 0 Å². The molecule has 1 aromatic carbocycles. The minimum atomic E-state index is -0.368. The number of amides is 3. The number of hydrogen-bond acceptors (Lipinski definition) is 3. The molecule has 1 fully saturated rings. The van der Waals surface area contributed by atoms with Crippen LogP contribution >= 0.6 is 0 Å². The first-order chi connectivity index (χ1) is 10.5. The number of likely N-dealkylation sites (tertiary alicyclic amines) is 1. The Labute approximate surface area is 129 Å². The highest BCUT2D eigenvalue weighted by Gasteiger charge is 2.37. The van der Waals surface area contributed by atoms with E-state index in [2.05, 4.69) is 13.8 Å². The molecule has 0 aliphatic carbocycles. The smallest absolute Gasteiger partial charge is 0.262 e. The average Bonchev–Trinajstić information content (AvgIpc) is 2.72. The van der Waals surface area contributed by atoms with Gasteiger partial charge in [0.25, 0.3) is 11.8 Å². The molecule has 0 spiro atoms. The molecule has 116 valence electrons. The van der Waals surface area contributed by atoms with E-state index in [4.69, 9.17) is 0 Å². The second-order valence-corrected chi connectivity index (χ2v) is 6.49. The summed E-state index contributed by atoms with van der Waals surface area (Å²) in [6.07, 6.45) is 1.11. The lowest BCUT2D eigenvalue weighted by molar-refractivity contribution is -0.134. The van der Waals surface area contributed by atoms with E-state index < -0.39 is 0 Å². The predicted molar refractivity (Wildman–Crippen MR) is 81.3 cm³/mol. The Morgan fingerprint density at radius 3 is 2.05 bits per heavy atom. The quantitative estimate of drug-likeness (QED) is 0.782. The molecule has 0 N–H and O–H groups in total. The number of benzene rings is 1. The highest BCUT2D eigenvalue weighted by molar-refractivity contribution is 6.22. The van der Waals surface area contributed by atoms with Gasteiger partial charge >= 0.3 is 0 Å². The van der Waals surface area contributed by atoms with E-state index in [0.717, 1.165) is 11.3 Å². The first kappa shape index (κ1) is 14.8. The van der Waals surface area contributed by atoms with Crippen LogP contribution in [0.15, 0.2) is 24.3 Å². The van der Waals surface area contributed by atoms with Gasteiger partial charge in [0.2, 0.25) is 5.91 Å². The maximum Gasteiger partial charge on any atom is 0.262 e. The fraction of sp³-hybridized carbons (Fsp3) is 0.471. The molecule has 2 aliphatic rings. The molecular formula is C17H20N2O3. The fourth-order valence-electron chi connectivity index (χ4n) is 3.48. The summed E-state index contributed by atoms with van der Waals surface area (Å²) in [5.74, 6) is 0.0248. The third-order valence-corrected chi connectivity index (χ3v) is 4.39. The van der Waals surface area contributed by atoms with Crippen LogP contribution in [-0.2, 0) is 4.79 Å². The van der Waals surface area contributed by atoms with Gasteiger partial charge in [0.1, 0.15) is 6.54 Å². The molecular weight excluding hydrogens is 280 g/mol. The van der Waals surface area contributed by atoms with Gasteiger partial charge in [0.15, 0.2) is 0 Å². The molecule has 3 rings (SSSR count). The summed E-state index contributed by atoms with van der Waals surface area (Å²) in [5.41, 5.74) is 0.779. The lowest BCUT2D eigenvalue weighted by Crippen LogP contribution is -2.48. The molecule has 2 aliphatic heterocycles. The van der Waals surface area contributed by atoms with Crippen LogP contribution < -0.4 is 0 Å². The highest BCUT2D eigenvalue weighted by Crippen LogP contribution is 2.24. The standard InChI is InChI=1S/C17H20N2O3/c1-11-7-12(2)9-18(8-11)15(20)10-19-16(21)13-5-3-4-6-14(13)17(19)22/h3-6,11-12H,7-10H2,1-2H3/t11-,12+. The molecule has 0 unspecified atom stereocenters. The van der Waals surface area contributed by atoms with Gasteiger partial charge in [0, 0.05) is 13.1 Å². The first-order valence-corrected chi connectivity index (χ1v) is 7.70. The Bertz CT molecular complexity index is 596. The van der Waals surface area contributed by atoms with E-state index in [-0.39, 0.29) is 24.3 Å². The summed E-state index contributed by atoms with van der Waals surface area (Å²) in [6, 6.07) is 6.71. The molecule has 22 heavy (non-hydrogen) atoms. The van der Waals surface area contributed by atoms with E-state index in [0.29, 0.717) is 36.1 Å².